The maximum atomic E-state index is 13.6. The minimum absolute atomic E-state index is 0.00757. The Balaban J connectivity index is 1.54. The molecule has 2 aromatic carbocycles. The van der Waals surface area contributed by atoms with Crippen molar-refractivity contribution >= 4 is 11.6 Å². The average molecular weight is 450 g/mol. The summed E-state index contributed by atoms with van der Waals surface area (Å²) in [6, 6.07) is 16.0. The first-order valence-electron chi connectivity index (χ1n) is 11.0. The molecule has 1 unspecified atom stereocenters. The second-order valence-electron chi connectivity index (χ2n) is 8.13. The predicted octanol–water partition coefficient (Wildman–Crippen LogP) is 3.14. The van der Waals surface area contributed by atoms with Crippen molar-refractivity contribution in [2.75, 3.05) is 32.8 Å². The number of carbonyl (C=O) groups excluding carboxylic acids is 1. The molecule has 9 nitrogen and oxygen atoms in total. The molecule has 2 heterocycles. The van der Waals surface area contributed by atoms with Crippen molar-refractivity contribution in [1.82, 2.24) is 19.6 Å². The maximum absolute atomic E-state index is 13.6. The highest BCUT2D eigenvalue weighted by Gasteiger charge is 2.25. The highest BCUT2D eigenvalue weighted by Crippen LogP contribution is 2.18. The Hall–Kier alpha value is -3.56. The van der Waals surface area contributed by atoms with Crippen LogP contribution in [0, 0.1) is 10.1 Å². The van der Waals surface area contributed by atoms with Crippen LogP contribution in [0.2, 0.25) is 0 Å². The van der Waals surface area contributed by atoms with Gasteiger partial charge in [-0.1, -0.05) is 30.3 Å². The van der Waals surface area contributed by atoms with Gasteiger partial charge in [-0.3, -0.25) is 19.8 Å². The Kier molecular flexibility index (Phi) is 7.11. The number of nitro groups is 1. The van der Waals surface area contributed by atoms with Gasteiger partial charge in [-0.15, -0.1) is 0 Å². The van der Waals surface area contributed by atoms with Crippen molar-refractivity contribution in [3.63, 3.8) is 0 Å². The van der Waals surface area contributed by atoms with Crippen molar-refractivity contribution in [1.29, 1.82) is 0 Å². The van der Waals surface area contributed by atoms with Crippen LogP contribution < -0.4 is 0 Å². The number of nitro benzene ring substituents is 1. The molecule has 9 heteroatoms. The van der Waals surface area contributed by atoms with Crippen LogP contribution in [0.5, 0.6) is 0 Å². The van der Waals surface area contributed by atoms with E-state index in [1.807, 2.05) is 35.2 Å². The van der Waals surface area contributed by atoms with Gasteiger partial charge in [0.15, 0.2) is 0 Å². The third kappa shape index (κ3) is 5.63. The summed E-state index contributed by atoms with van der Waals surface area (Å²) in [7, 11) is 0. The molecule has 0 bridgehead atoms. The van der Waals surface area contributed by atoms with Gasteiger partial charge in [0.2, 0.25) is 0 Å². The van der Waals surface area contributed by atoms with Gasteiger partial charge in [0.05, 0.1) is 35.6 Å². The van der Waals surface area contributed by atoms with Crippen LogP contribution in [0.1, 0.15) is 22.8 Å². The van der Waals surface area contributed by atoms with Gasteiger partial charge in [-0.25, -0.2) is 4.68 Å². The van der Waals surface area contributed by atoms with E-state index in [-0.39, 0.29) is 17.6 Å². The lowest BCUT2D eigenvalue weighted by atomic mass is 10.1. The fourth-order valence-electron chi connectivity index (χ4n) is 3.93. The SMILES string of the molecule is CC(CN1CCOCC1)N(Cc1ccccc1)C(=O)c1cnn(-c2ccc([N+](=O)[O-])cc2)c1. The fourth-order valence-corrected chi connectivity index (χ4v) is 3.93. The number of carbonyl (C=O) groups is 1. The number of nitrogens with zero attached hydrogens (tertiary/aromatic N) is 5. The number of aromatic nitrogens is 2. The summed E-state index contributed by atoms with van der Waals surface area (Å²) in [4.78, 5) is 28.2. The lowest BCUT2D eigenvalue weighted by Crippen LogP contribution is -2.47. The quantitative estimate of drug-likeness (QED) is 0.387. The fraction of sp³-hybridized carbons (Fsp3) is 0.333. The molecular formula is C24H27N5O4. The van der Waals surface area contributed by atoms with Gasteiger partial charge in [-0.05, 0) is 24.6 Å². The van der Waals surface area contributed by atoms with Crippen LogP contribution in [0.15, 0.2) is 67.0 Å². The highest BCUT2D eigenvalue weighted by molar-refractivity contribution is 5.94. The van der Waals surface area contributed by atoms with E-state index >= 15 is 0 Å². The van der Waals surface area contributed by atoms with Gasteiger partial charge in [0, 0.05) is 50.6 Å². The molecule has 1 saturated heterocycles. The zero-order valence-corrected chi connectivity index (χ0v) is 18.5. The lowest BCUT2D eigenvalue weighted by molar-refractivity contribution is -0.384. The zero-order chi connectivity index (χ0) is 23.2. The molecule has 172 valence electrons. The standard InChI is InChI=1S/C24H27N5O4/c1-19(16-26-11-13-33-14-12-26)27(17-20-5-3-2-4-6-20)24(30)21-15-25-28(18-21)22-7-9-23(10-8-22)29(31)32/h2-10,15,18-19H,11-14,16-17H2,1H3. The number of rotatable bonds is 8. The van der Waals surface area contributed by atoms with Gasteiger partial charge < -0.3 is 9.64 Å². The molecule has 0 N–H and O–H groups in total. The normalized spacial score (nSPS) is 15.2. The Morgan fingerprint density at radius 1 is 1.15 bits per heavy atom. The Morgan fingerprint density at radius 3 is 2.52 bits per heavy atom. The van der Waals surface area contributed by atoms with Crippen molar-refractivity contribution in [3.8, 4) is 5.69 Å². The number of hydrogen-bond acceptors (Lipinski definition) is 6. The summed E-state index contributed by atoms with van der Waals surface area (Å²) >= 11 is 0. The van der Waals surface area contributed by atoms with Crippen molar-refractivity contribution in [2.45, 2.75) is 19.5 Å². The predicted molar refractivity (Wildman–Crippen MR) is 123 cm³/mol. The molecule has 0 aliphatic carbocycles. The molecule has 1 aromatic heterocycles. The average Bonchev–Trinajstić information content (AvgIpc) is 3.34. The number of morpholine rings is 1. The number of non-ortho nitro benzene ring substituents is 1. The van der Waals surface area contributed by atoms with E-state index in [1.54, 1.807) is 29.2 Å². The Morgan fingerprint density at radius 2 is 1.85 bits per heavy atom. The summed E-state index contributed by atoms with van der Waals surface area (Å²) in [5, 5.41) is 15.2. The minimum atomic E-state index is -0.445. The number of benzene rings is 2. The third-order valence-corrected chi connectivity index (χ3v) is 5.77. The van der Waals surface area contributed by atoms with Crippen molar-refractivity contribution < 1.29 is 14.5 Å². The van der Waals surface area contributed by atoms with Gasteiger partial charge in [-0.2, -0.15) is 5.10 Å². The smallest absolute Gasteiger partial charge is 0.269 e. The molecular weight excluding hydrogens is 422 g/mol. The summed E-state index contributed by atoms with van der Waals surface area (Å²) in [5.41, 5.74) is 2.18. The van der Waals surface area contributed by atoms with Crippen LogP contribution >= 0.6 is 0 Å². The molecule has 0 saturated carbocycles. The summed E-state index contributed by atoms with van der Waals surface area (Å²) in [6.07, 6.45) is 3.21. The first kappa shape index (κ1) is 22.6. The highest BCUT2D eigenvalue weighted by atomic mass is 16.6. The van der Waals surface area contributed by atoms with Crippen molar-refractivity contribution in [3.05, 3.63) is 88.2 Å². The van der Waals surface area contributed by atoms with Crippen LogP contribution in [-0.2, 0) is 11.3 Å². The summed E-state index contributed by atoms with van der Waals surface area (Å²) < 4.78 is 7.01. The second-order valence-corrected chi connectivity index (χ2v) is 8.13. The van der Waals surface area contributed by atoms with E-state index in [0.717, 1.165) is 25.2 Å². The second kappa shape index (κ2) is 10.4. The molecule has 4 rings (SSSR count). The van der Waals surface area contributed by atoms with E-state index in [9.17, 15) is 14.9 Å². The van der Waals surface area contributed by atoms with Crippen LogP contribution in [0.4, 0.5) is 5.69 Å². The zero-order valence-electron chi connectivity index (χ0n) is 18.5. The topological polar surface area (TPSA) is 93.7 Å². The minimum Gasteiger partial charge on any atom is -0.379 e. The maximum Gasteiger partial charge on any atom is 0.269 e. The van der Waals surface area contributed by atoms with Crippen LogP contribution in [-0.4, -0.2) is 69.3 Å². The molecule has 0 radical (unpaired) electrons. The number of ether oxygens (including phenoxy) is 1. The van der Waals surface area contributed by atoms with E-state index in [1.165, 1.54) is 12.1 Å². The van der Waals surface area contributed by atoms with E-state index in [2.05, 4.69) is 16.9 Å². The molecule has 0 spiro atoms. The first-order chi connectivity index (χ1) is 16.0. The molecule has 1 fully saturated rings. The molecule has 1 atom stereocenters. The number of hydrogen-bond donors (Lipinski definition) is 0. The van der Waals surface area contributed by atoms with Crippen LogP contribution in [0.25, 0.3) is 5.69 Å². The molecule has 1 aliphatic heterocycles. The Labute approximate surface area is 192 Å². The summed E-state index contributed by atoms with van der Waals surface area (Å²) in [5.74, 6) is -0.104. The Bertz CT molecular complexity index is 1080. The molecule has 33 heavy (non-hydrogen) atoms. The molecule has 1 aliphatic rings. The largest absolute Gasteiger partial charge is 0.379 e. The molecule has 3 aromatic rings. The van der Waals surface area contributed by atoms with E-state index in [4.69, 9.17) is 4.74 Å². The number of amides is 1. The van der Waals surface area contributed by atoms with E-state index in [0.29, 0.717) is 31.0 Å². The lowest BCUT2D eigenvalue weighted by Gasteiger charge is -2.35. The van der Waals surface area contributed by atoms with Crippen molar-refractivity contribution in [2.24, 2.45) is 0 Å². The first-order valence-corrected chi connectivity index (χ1v) is 11.0. The molecule has 1 amide bonds. The van der Waals surface area contributed by atoms with Gasteiger partial charge in [0.1, 0.15) is 0 Å². The third-order valence-electron chi connectivity index (χ3n) is 5.77. The van der Waals surface area contributed by atoms with Gasteiger partial charge >= 0.3 is 0 Å². The van der Waals surface area contributed by atoms with E-state index < -0.39 is 4.92 Å². The monoisotopic (exact) mass is 449 g/mol. The summed E-state index contributed by atoms with van der Waals surface area (Å²) in [6.45, 7) is 6.46. The van der Waals surface area contributed by atoms with Gasteiger partial charge in [0.25, 0.3) is 11.6 Å². The van der Waals surface area contributed by atoms with Crippen LogP contribution in [0.3, 0.4) is 0 Å².